The normalized spacial score (nSPS) is 18.4. The number of rotatable bonds is 6. The van der Waals surface area contributed by atoms with Gasteiger partial charge in [0.2, 0.25) is 0 Å². The highest BCUT2D eigenvalue weighted by Gasteiger charge is 2.20. The molecule has 1 aromatic carbocycles. The average molecular weight is 277 g/mol. The van der Waals surface area contributed by atoms with Gasteiger partial charge < -0.3 is 14.7 Å². The molecule has 1 aliphatic heterocycles. The second-order valence-corrected chi connectivity index (χ2v) is 5.79. The first-order valence-electron chi connectivity index (χ1n) is 7.75. The topological polar surface area (TPSA) is 32.7 Å². The molecule has 1 aromatic rings. The van der Waals surface area contributed by atoms with Crippen LogP contribution < -0.4 is 0 Å². The molecule has 0 aliphatic carbocycles. The van der Waals surface area contributed by atoms with Crippen molar-refractivity contribution in [3.8, 4) is 0 Å². The van der Waals surface area contributed by atoms with E-state index in [0.29, 0.717) is 12.6 Å². The molecule has 1 aliphatic rings. The smallest absolute Gasteiger partial charge is 0.0916 e. The Kier molecular flexibility index (Phi) is 6.02. The number of aryl methyl sites for hydroxylation is 1. The van der Waals surface area contributed by atoms with Gasteiger partial charge in [0.15, 0.2) is 0 Å². The van der Waals surface area contributed by atoms with Crippen molar-refractivity contribution in [1.29, 1.82) is 0 Å². The third kappa shape index (κ3) is 4.30. The van der Waals surface area contributed by atoms with E-state index in [1.165, 1.54) is 5.56 Å². The van der Waals surface area contributed by atoms with E-state index >= 15 is 0 Å². The van der Waals surface area contributed by atoms with Gasteiger partial charge in [0, 0.05) is 25.8 Å². The van der Waals surface area contributed by atoms with Gasteiger partial charge in [-0.15, -0.1) is 0 Å². The number of ether oxygens (including phenoxy) is 1. The molecular weight excluding hydrogens is 250 g/mol. The number of hydrogen-bond acceptors (Lipinski definition) is 3. The van der Waals surface area contributed by atoms with E-state index < -0.39 is 6.10 Å². The van der Waals surface area contributed by atoms with Crippen molar-refractivity contribution >= 4 is 0 Å². The number of nitrogens with zero attached hydrogens (tertiary/aromatic N) is 1. The van der Waals surface area contributed by atoms with Crippen LogP contribution in [0.4, 0.5) is 0 Å². The van der Waals surface area contributed by atoms with Crippen LogP contribution in [0.15, 0.2) is 24.3 Å². The molecule has 0 saturated carbocycles. The highest BCUT2D eigenvalue weighted by Crippen LogP contribution is 2.19. The van der Waals surface area contributed by atoms with Crippen LogP contribution >= 0.6 is 0 Å². The van der Waals surface area contributed by atoms with Gasteiger partial charge >= 0.3 is 0 Å². The monoisotopic (exact) mass is 277 g/mol. The lowest BCUT2D eigenvalue weighted by atomic mass is 10.0. The van der Waals surface area contributed by atoms with E-state index in [1.807, 2.05) is 0 Å². The fourth-order valence-corrected chi connectivity index (χ4v) is 2.85. The molecule has 1 heterocycles. The van der Waals surface area contributed by atoms with Gasteiger partial charge in [0.25, 0.3) is 0 Å². The van der Waals surface area contributed by atoms with Gasteiger partial charge in [0.1, 0.15) is 0 Å². The minimum absolute atomic E-state index is 0.404. The minimum atomic E-state index is -0.404. The zero-order valence-electron chi connectivity index (χ0n) is 12.7. The van der Waals surface area contributed by atoms with Crippen LogP contribution in [0.25, 0.3) is 0 Å². The highest BCUT2D eigenvalue weighted by molar-refractivity contribution is 5.24. The lowest BCUT2D eigenvalue weighted by Gasteiger charge is -2.32. The zero-order valence-corrected chi connectivity index (χ0v) is 12.7. The first-order valence-corrected chi connectivity index (χ1v) is 7.75. The Morgan fingerprint density at radius 1 is 1.25 bits per heavy atom. The number of benzene rings is 1. The molecule has 1 atom stereocenters. The molecule has 0 aromatic heterocycles. The summed E-state index contributed by atoms with van der Waals surface area (Å²) < 4.78 is 5.39. The standard InChI is InChI=1S/C17H27NO2/c1-3-4-14-5-7-15(8-6-14)17(19)13-18(2)16-9-11-20-12-10-16/h5-8,16-17,19H,3-4,9-13H2,1-2H3. The molecule has 112 valence electrons. The lowest BCUT2D eigenvalue weighted by Crippen LogP contribution is -2.38. The molecule has 2 rings (SSSR count). The van der Waals surface area contributed by atoms with Gasteiger partial charge in [-0.1, -0.05) is 37.6 Å². The Bertz CT molecular complexity index is 384. The fourth-order valence-electron chi connectivity index (χ4n) is 2.85. The molecule has 1 unspecified atom stereocenters. The Morgan fingerprint density at radius 3 is 2.50 bits per heavy atom. The molecule has 0 amide bonds. The number of aliphatic hydroxyl groups is 1. The van der Waals surface area contributed by atoms with Crippen molar-refractivity contribution in [2.45, 2.75) is 44.8 Å². The zero-order chi connectivity index (χ0) is 14.4. The maximum absolute atomic E-state index is 10.4. The van der Waals surface area contributed by atoms with E-state index in [0.717, 1.165) is 44.5 Å². The predicted molar refractivity (Wildman–Crippen MR) is 81.9 cm³/mol. The molecule has 3 heteroatoms. The summed E-state index contributed by atoms with van der Waals surface area (Å²) >= 11 is 0. The summed E-state index contributed by atoms with van der Waals surface area (Å²) in [5.74, 6) is 0. The van der Waals surface area contributed by atoms with Crippen LogP contribution in [0.2, 0.25) is 0 Å². The summed E-state index contributed by atoms with van der Waals surface area (Å²) in [5.41, 5.74) is 2.37. The van der Waals surface area contributed by atoms with Crippen LogP contribution in [0.1, 0.15) is 43.4 Å². The maximum atomic E-state index is 10.4. The maximum Gasteiger partial charge on any atom is 0.0916 e. The first kappa shape index (κ1) is 15.5. The summed E-state index contributed by atoms with van der Waals surface area (Å²) in [6.45, 7) is 4.57. The van der Waals surface area contributed by atoms with Crippen LogP contribution in [-0.4, -0.2) is 42.9 Å². The van der Waals surface area contributed by atoms with Crippen molar-refractivity contribution < 1.29 is 9.84 Å². The molecule has 20 heavy (non-hydrogen) atoms. The van der Waals surface area contributed by atoms with E-state index in [2.05, 4.69) is 43.1 Å². The summed E-state index contributed by atoms with van der Waals surface area (Å²) in [7, 11) is 2.10. The molecular formula is C17H27NO2. The van der Waals surface area contributed by atoms with Crippen molar-refractivity contribution in [1.82, 2.24) is 4.90 Å². The van der Waals surface area contributed by atoms with E-state index in [9.17, 15) is 5.11 Å². The molecule has 0 radical (unpaired) electrons. The largest absolute Gasteiger partial charge is 0.387 e. The number of hydrogen-bond donors (Lipinski definition) is 1. The quantitative estimate of drug-likeness (QED) is 0.868. The van der Waals surface area contributed by atoms with Gasteiger partial charge in [0.05, 0.1) is 6.10 Å². The van der Waals surface area contributed by atoms with E-state index in [4.69, 9.17) is 4.74 Å². The second kappa shape index (κ2) is 7.77. The third-order valence-electron chi connectivity index (χ3n) is 4.18. The van der Waals surface area contributed by atoms with Crippen molar-refractivity contribution in [2.24, 2.45) is 0 Å². The summed E-state index contributed by atoms with van der Waals surface area (Å²) in [4.78, 5) is 2.27. The number of aliphatic hydroxyl groups excluding tert-OH is 1. The molecule has 0 spiro atoms. The van der Waals surface area contributed by atoms with Crippen molar-refractivity contribution in [3.63, 3.8) is 0 Å². The first-order chi connectivity index (χ1) is 9.70. The van der Waals surface area contributed by atoms with Crippen LogP contribution in [0.3, 0.4) is 0 Å². The van der Waals surface area contributed by atoms with Gasteiger partial charge in [-0.3, -0.25) is 0 Å². The minimum Gasteiger partial charge on any atom is -0.387 e. The molecule has 1 saturated heterocycles. The Labute approximate surface area is 122 Å². The Morgan fingerprint density at radius 2 is 1.90 bits per heavy atom. The van der Waals surface area contributed by atoms with Gasteiger partial charge in [-0.2, -0.15) is 0 Å². The Balaban J connectivity index is 1.88. The van der Waals surface area contributed by atoms with Gasteiger partial charge in [-0.05, 0) is 37.4 Å². The fraction of sp³-hybridized carbons (Fsp3) is 0.647. The third-order valence-corrected chi connectivity index (χ3v) is 4.18. The SMILES string of the molecule is CCCc1ccc(C(O)CN(C)C2CCOCC2)cc1. The van der Waals surface area contributed by atoms with Crippen LogP contribution in [-0.2, 0) is 11.2 Å². The van der Waals surface area contributed by atoms with Crippen LogP contribution in [0.5, 0.6) is 0 Å². The van der Waals surface area contributed by atoms with Crippen molar-refractivity contribution in [3.05, 3.63) is 35.4 Å². The summed E-state index contributed by atoms with van der Waals surface area (Å²) in [5, 5.41) is 10.4. The molecule has 1 N–H and O–H groups in total. The average Bonchev–Trinajstić information content (AvgIpc) is 2.49. The van der Waals surface area contributed by atoms with E-state index in [1.54, 1.807) is 0 Å². The van der Waals surface area contributed by atoms with Gasteiger partial charge in [-0.25, -0.2) is 0 Å². The van der Waals surface area contributed by atoms with Crippen LogP contribution in [0, 0.1) is 0 Å². The van der Waals surface area contributed by atoms with Crippen molar-refractivity contribution in [2.75, 3.05) is 26.8 Å². The Hall–Kier alpha value is -0.900. The second-order valence-electron chi connectivity index (χ2n) is 5.79. The highest BCUT2D eigenvalue weighted by atomic mass is 16.5. The molecule has 3 nitrogen and oxygen atoms in total. The summed E-state index contributed by atoms with van der Waals surface area (Å²) in [6.07, 6.45) is 4.00. The molecule has 1 fully saturated rings. The predicted octanol–water partition coefficient (Wildman–Crippen LogP) is 2.78. The number of likely N-dealkylation sites (N-methyl/N-ethyl adjacent to an activating group) is 1. The lowest BCUT2D eigenvalue weighted by molar-refractivity contribution is 0.0253. The van der Waals surface area contributed by atoms with E-state index in [-0.39, 0.29) is 0 Å². The molecule has 0 bridgehead atoms. The summed E-state index contributed by atoms with van der Waals surface area (Å²) in [6, 6.07) is 8.94.